The molecule has 0 saturated heterocycles. The maximum atomic E-state index is 12.3. The van der Waals surface area contributed by atoms with E-state index in [-0.39, 0.29) is 5.91 Å². The number of hydrogen-bond acceptors (Lipinski definition) is 3. The lowest BCUT2D eigenvalue weighted by Crippen LogP contribution is -2.13. The average molecular weight is 323 g/mol. The number of benzene rings is 2. The highest BCUT2D eigenvalue weighted by molar-refractivity contribution is 6.04. The van der Waals surface area contributed by atoms with Gasteiger partial charge in [-0.25, -0.2) is 4.79 Å². The first-order chi connectivity index (χ1) is 11.3. The third kappa shape index (κ3) is 4.81. The van der Waals surface area contributed by atoms with Crippen LogP contribution in [0.25, 0.3) is 0 Å². The average Bonchev–Trinajstić information content (AvgIpc) is 2.50. The molecule has 2 aromatic carbocycles. The van der Waals surface area contributed by atoms with Crippen molar-refractivity contribution in [2.24, 2.45) is 0 Å². The number of amides is 1. The molecule has 0 heterocycles. The molecular weight excluding hydrogens is 302 g/mol. The molecule has 0 unspecified atom stereocenters. The Kier molecular flexibility index (Phi) is 5.53. The Morgan fingerprint density at radius 1 is 1.00 bits per heavy atom. The summed E-state index contributed by atoms with van der Waals surface area (Å²) in [6, 6.07) is 12.3. The van der Waals surface area contributed by atoms with E-state index in [1.807, 2.05) is 45.9 Å². The van der Waals surface area contributed by atoms with Crippen LogP contribution < -0.4 is 10.1 Å². The number of hydrogen-bond donors (Lipinski definition) is 1. The molecule has 0 radical (unpaired) electrons. The first kappa shape index (κ1) is 17.5. The summed E-state index contributed by atoms with van der Waals surface area (Å²) >= 11 is 0. The maximum absolute atomic E-state index is 12.3. The standard InChI is InChI=1S/C20H21NO3/c1-13(2)11-19(22)24-17-8-6-16(7-9-17)20(23)21-18-10-5-14(3)12-15(18)4/h5-12H,1-4H3,(H,21,23). The van der Waals surface area contributed by atoms with Crippen molar-refractivity contribution in [3.8, 4) is 5.75 Å². The number of nitrogens with one attached hydrogen (secondary N) is 1. The van der Waals surface area contributed by atoms with Crippen molar-refractivity contribution in [1.29, 1.82) is 0 Å². The Morgan fingerprint density at radius 2 is 1.67 bits per heavy atom. The molecule has 0 spiro atoms. The highest BCUT2D eigenvalue weighted by Crippen LogP contribution is 2.18. The summed E-state index contributed by atoms with van der Waals surface area (Å²) in [4.78, 5) is 23.9. The lowest BCUT2D eigenvalue weighted by Gasteiger charge is -2.09. The van der Waals surface area contributed by atoms with Crippen molar-refractivity contribution < 1.29 is 14.3 Å². The quantitative estimate of drug-likeness (QED) is 0.514. The number of allylic oxidation sites excluding steroid dienone is 1. The van der Waals surface area contributed by atoms with Crippen LogP contribution in [-0.4, -0.2) is 11.9 Å². The summed E-state index contributed by atoms with van der Waals surface area (Å²) in [6.45, 7) is 7.60. The van der Waals surface area contributed by atoms with E-state index in [1.165, 1.54) is 6.08 Å². The second-order valence-corrected chi connectivity index (χ2v) is 5.94. The largest absolute Gasteiger partial charge is 0.423 e. The van der Waals surface area contributed by atoms with Crippen molar-refractivity contribution in [1.82, 2.24) is 0 Å². The SMILES string of the molecule is CC(C)=CC(=O)Oc1ccc(C(=O)Nc2ccc(C)cc2C)cc1. The Morgan fingerprint density at radius 3 is 2.25 bits per heavy atom. The lowest BCUT2D eigenvalue weighted by molar-refractivity contribution is -0.129. The number of esters is 1. The van der Waals surface area contributed by atoms with Crippen molar-refractivity contribution in [3.63, 3.8) is 0 Å². The smallest absolute Gasteiger partial charge is 0.336 e. The molecule has 24 heavy (non-hydrogen) atoms. The third-order valence-corrected chi connectivity index (χ3v) is 3.37. The number of anilines is 1. The molecule has 4 nitrogen and oxygen atoms in total. The van der Waals surface area contributed by atoms with E-state index in [1.54, 1.807) is 24.3 Å². The number of rotatable bonds is 4. The number of carbonyl (C=O) groups excluding carboxylic acids is 2. The molecule has 0 aliphatic carbocycles. The molecule has 0 bridgehead atoms. The van der Waals surface area contributed by atoms with Gasteiger partial charge in [-0.2, -0.15) is 0 Å². The number of carbonyl (C=O) groups is 2. The molecule has 0 atom stereocenters. The molecule has 1 N–H and O–H groups in total. The van der Waals surface area contributed by atoms with Gasteiger partial charge in [0.25, 0.3) is 5.91 Å². The van der Waals surface area contributed by atoms with E-state index < -0.39 is 5.97 Å². The zero-order valence-electron chi connectivity index (χ0n) is 14.3. The maximum Gasteiger partial charge on any atom is 0.336 e. The van der Waals surface area contributed by atoms with Gasteiger partial charge in [0.05, 0.1) is 0 Å². The van der Waals surface area contributed by atoms with Crippen molar-refractivity contribution in [2.45, 2.75) is 27.7 Å². The Bertz CT molecular complexity index is 785. The van der Waals surface area contributed by atoms with E-state index in [2.05, 4.69) is 5.32 Å². The van der Waals surface area contributed by atoms with Crippen LogP contribution in [0.2, 0.25) is 0 Å². The van der Waals surface area contributed by atoms with Gasteiger partial charge < -0.3 is 10.1 Å². The molecule has 2 rings (SSSR count). The molecule has 0 aliphatic rings. The van der Waals surface area contributed by atoms with Gasteiger partial charge in [-0.15, -0.1) is 0 Å². The normalized spacial score (nSPS) is 10.0. The van der Waals surface area contributed by atoms with Crippen molar-refractivity contribution in [2.75, 3.05) is 5.32 Å². The fourth-order valence-corrected chi connectivity index (χ4v) is 2.20. The highest BCUT2D eigenvalue weighted by Gasteiger charge is 2.09. The fourth-order valence-electron chi connectivity index (χ4n) is 2.20. The van der Waals surface area contributed by atoms with Gasteiger partial charge in [-0.3, -0.25) is 4.79 Å². The zero-order chi connectivity index (χ0) is 17.7. The van der Waals surface area contributed by atoms with Gasteiger partial charge >= 0.3 is 5.97 Å². The van der Waals surface area contributed by atoms with Crippen LogP contribution in [0, 0.1) is 13.8 Å². The van der Waals surface area contributed by atoms with Crippen molar-refractivity contribution in [3.05, 3.63) is 70.8 Å². The first-order valence-electron chi connectivity index (χ1n) is 7.70. The highest BCUT2D eigenvalue weighted by atomic mass is 16.5. The van der Waals surface area contributed by atoms with Gasteiger partial charge in [0.2, 0.25) is 0 Å². The van der Waals surface area contributed by atoms with Gasteiger partial charge in [0.1, 0.15) is 5.75 Å². The van der Waals surface area contributed by atoms with Gasteiger partial charge in [0, 0.05) is 17.3 Å². The van der Waals surface area contributed by atoms with Crippen LogP contribution in [0.4, 0.5) is 5.69 Å². The first-order valence-corrected chi connectivity index (χ1v) is 7.70. The molecule has 124 valence electrons. The van der Waals surface area contributed by atoms with Gasteiger partial charge in [-0.1, -0.05) is 23.3 Å². The predicted molar refractivity (Wildman–Crippen MR) is 95.4 cm³/mol. The summed E-state index contributed by atoms with van der Waals surface area (Å²) in [5, 5.41) is 2.88. The topological polar surface area (TPSA) is 55.4 Å². The Labute approximate surface area is 142 Å². The minimum atomic E-state index is -0.428. The predicted octanol–water partition coefficient (Wildman–Crippen LogP) is 4.43. The summed E-state index contributed by atoms with van der Waals surface area (Å²) in [7, 11) is 0. The minimum Gasteiger partial charge on any atom is -0.423 e. The lowest BCUT2D eigenvalue weighted by atomic mass is 10.1. The fraction of sp³-hybridized carbons (Fsp3) is 0.200. The summed E-state index contributed by atoms with van der Waals surface area (Å²) < 4.78 is 5.16. The molecule has 0 saturated carbocycles. The van der Waals surface area contributed by atoms with E-state index in [0.717, 1.165) is 22.4 Å². The molecule has 0 aromatic heterocycles. The van der Waals surface area contributed by atoms with Crippen LogP contribution in [0.1, 0.15) is 35.3 Å². The van der Waals surface area contributed by atoms with E-state index in [9.17, 15) is 9.59 Å². The second kappa shape index (κ2) is 7.59. The van der Waals surface area contributed by atoms with Crippen LogP contribution in [-0.2, 0) is 4.79 Å². The molecule has 0 fully saturated rings. The molecule has 0 aliphatic heterocycles. The van der Waals surface area contributed by atoms with Gasteiger partial charge in [-0.05, 0) is 63.6 Å². The monoisotopic (exact) mass is 323 g/mol. The second-order valence-electron chi connectivity index (χ2n) is 5.94. The number of ether oxygens (including phenoxy) is 1. The van der Waals surface area contributed by atoms with Crippen LogP contribution in [0.5, 0.6) is 5.75 Å². The van der Waals surface area contributed by atoms with Crippen molar-refractivity contribution >= 4 is 17.6 Å². The molecular formula is C20H21NO3. The zero-order valence-corrected chi connectivity index (χ0v) is 14.3. The summed E-state index contributed by atoms with van der Waals surface area (Å²) in [6.07, 6.45) is 1.42. The summed E-state index contributed by atoms with van der Waals surface area (Å²) in [5.74, 6) is -0.229. The summed E-state index contributed by atoms with van der Waals surface area (Å²) in [5.41, 5.74) is 4.30. The van der Waals surface area contributed by atoms with Crippen LogP contribution in [0.3, 0.4) is 0 Å². The van der Waals surface area contributed by atoms with Crippen LogP contribution >= 0.6 is 0 Å². The molecule has 1 amide bonds. The van der Waals surface area contributed by atoms with E-state index in [0.29, 0.717) is 11.3 Å². The molecule has 4 heteroatoms. The Balaban J connectivity index is 2.06. The Hall–Kier alpha value is -2.88. The van der Waals surface area contributed by atoms with E-state index in [4.69, 9.17) is 4.74 Å². The minimum absolute atomic E-state index is 0.205. The van der Waals surface area contributed by atoms with Gasteiger partial charge in [0.15, 0.2) is 0 Å². The van der Waals surface area contributed by atoms with E-state index >= 15 is 0 Å². The third-order valence-electron chi connectivity index (χ3n) is 3.37. The van der Waals surface area contributed by atoms with Crippen LogP contribution in [0.15, 0.2) is 54.1 Å². The number of aryl methyl sites for hydroxylation is 2. The molecule has 2 aromatic rings.